The number of hydrogen-bond donors (Lipinski definition) is 3. The Kier molecular flexibility index (Phi) is 5.43. The van der Waals surface area contributed by atoms with Gasteiger partial charge in [-0.25, -0.2) is 13.6 Å². The maximum absolute atomic E-state index is 12.5. The van der Waals surface area contributed by atoms with Gasteiger partial charge in [0.2, 0.25) is 11.7 Å². The normalized spacial score (nSPS) is 27.6. The molecular formula is C20H24F2N6O5. The number of nitrogens with zero attached hydrogens (tertiary/aromatic N) is 3. The van der Waals surface area contributed by atoms with E-state index in [1.807, 2.05) is 0 Å². The Labute approximate surface area is 187 Å². The van der Waals surface area contributed by atoms with Crippen LogP contribution in [0.2, 0.25) is 0 Å². The highest BCUT2D eigenvalue weighted by molar-refractivity contribution is 6.01. The van der Waals surface area contributed by atoms with E-state index in [1.54, 1.807) is 13.1 Å². The van der Waals surface area contributed by atoms with E-state index in [-0.39, 0.29) is 41.9 Å². The number of aromatic nitrogens is 4. The molecule has 13 heteroatoms. The van der Waals surface area contributed by atoms with E-state index in [9.17, 15) is 18.4 Å². The Hall–Kier alpha value is -3.22. The van der Waals surface area contributed by atoms with Crippen molar-refractivity contribution in [2.75, 3.05) is 18.5 Å². The molecule has 2 aromatic rings. The van der Waals surface area contributed by atoms with Crippen molar-refractivity contribution in [3.8, 4) is 5.88 Å². The average Bonchev–Trinajstić information content (AvgIpc) is 3.42. The second-order valence-electron chi connectivity index (χ2n) is 8.85. The largest absolute Gasteiger partial charge is 0.471 e. The number of amides is 2. The second-order valence-corrected chi connectivity index (χ2v) is 8.85. The van der Waals surface area contributed by atoms with Crippen LogP contribution in [0.3, 0.4) is 0 Å². The maximum atomic E-state index is 12.5. The number of alkyl halides is 2. The lowest BCUT2D eigenvalue weighted by Crippen LogP contribution is -2.68. The van der Waals surface area contributed by atoms with E-state index in [2.05, 4.69) is 25.8 Å². The van der Waals surface area contributed by atoms with Crippen LogP contribution in [0.1, 0.15) is 48.1 Å². The quantitative estimate of drug-likeness (QED) is 0.543. The summed E-state index contributed by atoms with van der Waals surface area (Å²) in [5.41, 5.74) is 0.581. The first kappa shape index (κ1) is 21.6. The standard InChI is InChI=1S/C20H24F2N6O5/c1-28-7-16(32-9-14(21)22)24-17(28)18(29)23-15-3-12(26-27-15)13-2-11(8-31-13)33-19(30)25-20-4-10(5-20)6-20/h3,7,10-11,13-14H,2,4-6,8-9H2,1H3,(H,25,30)(H2,23,26,27,29)/t10?,11-,13-,20?/m1/s1. The van der Waals surface area contributed by atoms with E-state index in [0.29, 0.717) is 12.1 Å². The van der Waals surface area contributed by atoms with Crippen LogP contribution in [0.15, 0.2) is 12.3 Å². The van der Waals surface area contributed by atoms with Gasteiger partial charge in [-0.1, -0.05) is 0 Å². The molecule has 0 radical (unpaired) electrons. The second kappa shape index (κ2) is 8.28. The number of nitrogens with one attached hydrogen (secondary N) is 3. The van der Waals surface area contributed by atoms with Gasteiger partial charge < -0.3 is 29.4 Å². The molecule has 2 atom stereocenters. The molecule has 1 saturated heterocycles. The predicted octanol–water partition coefficient (Wildman–Crippen LogP) is 2.15. The molecule has 2 bridgehead atoms. The number of carbonyl (C=O) groups is 2. The highest BCUT2D eigenvalue weighted by atomic mass is 19.3. The topological polar surface area (TPSA) is 132 Å². The fourth-order valence-electron chi connectivity index (χ4n) is 4.53. The first-order chi connectivity index (χ1) is 15.8. The molecule has 2 amide bonds. The third kappa shape index (κ3) is 4.49. The Morgan fingerprint density at radius 2 is 2.18 bits per heavy atom. The molecule has 6 rings (SSSR count). The minimum Gasteiger partial charge on any atom is -0.471 e. The molecular weight excluding hydrogens is 442 g/mol. The first-order valence-electron chi connectivity index (χ1n) is 10.7. The first-order valence-corrected chi connectivity index (χ1v) is 10.7. The van der Waals surface area contributed by atoms with Crippen LogP contribution in [0.5, 0.6) is 5.88 Å². The number of imidazole rings is 1. The predicted molar refractivity (Wildman–Crippen MR) is 108 cm³/mol. The Morgan fingerprint density at radius 1 is 1.39 bits per heavy atom. The van der Waals surface area contributed by atoms with Crippen LogP contribution in [0.25, 0.3) is 0 Å². The number of carbonyl (C=O) groups excluding carboxylic acids is 2. The highest BCUT2D eigenvalue weighted by Crippen LogP contribution is 2.56. The number of rotatable bonds is 8. The lowest BCUT2D eigenvalue weighted by atomic mass is 9.50. The smallest absolute Gasteiger partial charge is 0.407 e. The molecule has 3 saturated carbocycles. The number of alkyl carbamates (subject to hydrolysis) is 1. The lowest BCUT2D eigenvalue weighted by molar-refractivity contribution is -0.0510. The van der Waals surface area contributed by atoms with Crippen molar-refractivity contribution in [3.63, 3.8) is 0 Å². The Morgan fingerprint density at radius 3 is 2.88 bits per heavy atom. The SMILES string of the molecule is Cn1cc(OCC(F)F)nc1C(=O)Nc1cc([C@H]2C[C@@H](OC(=O)NC34CC(C3)C4)CO2)[nH]n1. The van der Waals surface area contributed by atoms with Crippen LogP contribution in [-0.2, 0) is 16.5 Å². The zero-order chi connectivity index (χ0) is 23.2. The summed E-state index contributed by atoms with van der Waals surface area (Å²) >= 11 is 0. The van der Waals surface area contributed by atoms with Gasteiger partial charge in [0.15, 0.2) is 12.4 Å². The zero-order valence-corrected chi connectivity index (χ0v) is 17.8. The van der Waals surface area contributed by atoms with Crippen LogP contribution >= 0.6 is 0 Å². The Balaban J connectivity index is 1.12. The molecule has 3 N–H and O–H groups in total. The molecule has 4 aliphatic rings. The summed E-state index contributed by atoms with van der Waals surface area (Å²) < 4.78 is 42.0. The molecule has 0 aromatic carbocycles. The number of ether oxygens (including phenoxy) is 3. The van der Waals surface area contributed by atoms with Crippen LogP contribution < -0.4 is 15.4 Å². The molecule has 3 aliphatic carbocycles. The number of anilines is 1. The summed E-state index contributed by atoms with van der Waals surface area (Å²) in [4.78, 5) is 28.5. The lowest BCUT2D eigenvalue weighted by Gasteiger charge is -2.61. The van der Waals surface area contributed by atoms with Gasteiger partial charge in [-0.05, 0) is 25.2 Å². The molecule has 0 unspecified atom stereocenters. The monoisotopic (exact) mass is 466 g/mol. The van der Waals surface area contributed by atoms with Gasteiger partial charge in [-0.2, -0.15) is 10.1 Å². The molecule has 178 valence electrons. The fourth-order valence-corrected chi connectivity index (χ4v) is 4.53. The van der Waals surface area contributed by atoms with Gasteiger partial charge in [0.25, 0.3) is 12.3 Å². The van der Waals surface area contributed by atoms with Gasteiger partial charge in [0.05, 0.1) is 18.5 Å². The maximum Gasteiger partial charge on any atom is 0.407 e. The summed E-state index contributed by atoms with van der Waals surface area (Å²) in [5.74, 6) is 0.319. The summed E-state index contributed by atoms with van der Waals surface area (Å²) in [6.07, 6.45) is 1.13. The van der Waals surface area contributed by atoms with E-state index in [0.717, 1.165) is 25.2 Å². The fraction of sp³-hybridized carbons (Fsp3) is 0.600. The third-order valence-corrected chi connectivity index (χ3v) is 6.24. The molecule has 4 fully saturated rings. The van der Waals surface area contributed by atoms with Crippen molar-refractivity contribution >= 4 is 17.8 Å². The van der Waals surface area contributed by atoms with Crippen molar-refractivity contribution in [1.29, 1.82) is 0 Å². The van der Waals surface area contributed by atoms with Crippen molar-refractivity contribution in [2.45, 2.75) is 49.9 Å². The third-order valence-electron chi connectivity index (χ3n) is 6.24. The average molecular weight is 466 g/mol. The molecule has 33 heavy (non-hydrogen) atoms. The number of aryl methyl sites for hydroxylation is 1. The summed E-state index contributed by atoms with van der Waals surface area (Å²) in [6.45, 7) is -0.543. The number of halogens is 2. The zero-order valence-electron chi connectivity index (χ0n) is 17.8. The van der Waals surface area contributed by atoms with E-state index in [4.69, 9.17) is 14.2 Å². The van der Waals surface area contributed by atoms with Crippen molar-refractivity contribution < 1.29 is 32.6 Å². The van der Waals surface area contributed by atoms with E-state index < -0.39 is 25.0 Å². The number of aromatic amines is 1. The van der Waals surface area contributed by atoms with Gasteiger partial charge in [-0.15, -0.1) is 0 Å². The molecule has 2 aromatic heterocycles. The van der Waals surface area contributed by atoms with Crippen LogP contribution in [0.4, 0.5) is 19.4 Å². The van der Waals surface area contributed by atoms with Crippen LogP contribution in [-0.4, -0.2) is 63.0 Å². The summed E-state index contributed by atoms with van der Waals surface area (Å²) in [6, 6.07) is 1.62. The van der Waals surface area contributed by atoms with Crippen LogP contribution in [0, 0.1) is 5.92 Å². The number of hydrogen-bond acceptors (Lipinski definition) is 7. The van der Waals surface area contributed by atoms with Crippen molar-refractivity contribution in [1.82, 2.24) is 25.1 Å². The van der Waals surface area contributed by atoms with Gasteiger partial charge >= 0.3 is 6.09 Å². The van der Waals surface area contributed by atoms with E-state index >= 15 is 0 Å². The minimum atomic E-state index is -2.64. The Bertz CT molecular complexity index is 1040. The van der Waals surface area contributed by atoms with E-state index in [1.165, 1.54) is 10.8 Å². The highest BCUT2D eigenvalue weighted by Gasteiger charge is 2.57. The molecule has 1 aliphatic heterocycles. The molecule has 11 nitrogen and oxygen atoms in total. The van der Waals surface area contributed by atoms with Gasteiger partial charge in [0.1, 0.15) is 12.2 Å². The summed E-state index contributed by atoms with van der Waals surface area (Å²) in [5, 5.41) is 12.4. The summed E-state index contributed by atoms with van der Waals surface area (Å²) in [7, 11) is 1.55. The van der Waals surface area contributed by atoms with Gasteiger partial charge in [0, 0.05) is 25.1 Å². The minimum absolute atomic E-state index is 0.0240. The van der Waals surface area contributed by atoms with Gasteiger partial charge in [-0.3, -0.25) is 9.89 Å². The van der Waals surface area contributed by atoms with Crippen molar-refractivity contribution in [2.24, 2.45) is 13.0 Å². The van der Waals surface area contributed by atoms with Crippen molar-refractivity contribution in [3.05, 3.63) is 23.8 Å². The molecule has 0 spiro atoms. The molecule has 3 heterocycles. The number of H-pyrrole nitrogens is 1.